The van der Waals surface area contributed by atoms with Gasteiger partial charge in [-0.15, -0.1) is 0 Å². The Bertz CT molecular complexity index is 555. The Morgan fingerprint density at radius 3 is 2.60 bits per heavy atom. The number of nitriles is 1. The molecule has 0 spiro atoms. The zero-order valence-electron chi connectivity index (χ0n) is 11.7. The van der Waals surface area contributed by atoms with Gasteiger partial charge in [-0.2, -0.15) is 5.26 Å². The lowest BCUT2D eigenvalue weighted by Crippen LogP contribution is -2.41. The number of carbonyl (C=O) groups excluding carboxylic acids is 1. The summed E-state index contributed by atoms with van der Waals surface area (Å²) in [5.41, 5.74) is 0.0996. The van der Waals surface area contributed by atoms with Gasteiger partial charge in [0.25, 0.3) is 5.91 Å². The molecular formula is C15H18N2O3. The van der Waals surface area contributed by atoms with Crippen LogP contribution in [0.4, 0.5) is 0 Å². The molecule has 0 aliphatic carbocycles. The van der Waals surface area contributed by atoms with E-state index in [-0.39, 0.29) is 17.1 Å². The van der Waals surface area contributed by atoms with Crippen LogP contribution in [-0.4, -0.2) is 36.1 Å². The maximum absolute atomic E-state index is 12.3. The van der Waals surface area contributed by atoms with Crippen LogP contribution in [0.15, 0.2) is 18.2 Å². The molecule has 0 atom stereocenters. The average Bonchev–Trinajstić information content (AvgIpc) is 2.47. The van der Waals surface area contributed by atoms with E-state index in [0.717, 1.165) is 0 Å². The Labute approximate surface area is 118 Å². The molecule has 2 rings (SSSR count). The number of piperidine rings is 1. The molecule has 0 radical (unpaired) electrons. The van der Waals surface area contributed by atoms with Crippen molar-refractivity contribution in [1.29, 1.82) is 5.26 Å². The topological polar surface area (TPSA) is 73.6 Å². The minimum atomic E-state index is -0.334. The zero-order valence-corrected chi connectivity index (χ0v) is 11.7. The first-order chi connectivity index (χ1) is 9.49. The van der Waals surface area contributed by atoms with Gasteiger partial charge >= 0.3 is 0 Å². The highest BCUT2D eigenvalue weighted by Crippen LogP contribution is 2.31. The molecule has 1 aliphatic rings. The molecule has 1 saturated heterocycles. The molecule has 106 valence electrons. The third-order valence-corrected chi connectivity index (χ3v) is 3.85. The lowest BCUT2D eigenvalue weighted by atomic mass is 9.82. The number of carbonyl (C=O) groups is 1. The Morgan fingerprint density at radius 2 is 2.10 bits per heavy atom. The molecule has 1 amide bonds. The van der Waals surface area contributed by atoms with Crippen molar-refractivity contribution in [2.45, 2.75) is 19.8 Å². The minimum absolute atomic E-state index is 0.0442. The standard InChI is InChI=1S/C15H18N2O3/c1-15(10-16)5-7-17(8-6-15)14(19)11-3-4-13(20-2)12(18)9-11/h3-4,9,18H,5-8H2,1-2H3. The predicted octanol–water partition coefficient (Wildman–Crippen LogP) is 2.17. The summed E-state index contributed by atoms with van der Waals surface area (Å²) >= 11 is 0. The molecule has 0 saturated carbocycles. The summed E-state index contributed by atoms with van der Waals surface area (Å²) in [5, 5.41) is 18.8. The van der Waals surface area contributed by atoms with Crippen molar-refractivity contribution >= 4 is 5.91 Å². The summed E-state index contributed by atoms with van der Waals surface area (Å²) in [5.74, 6) is 0.178. The number of benzene rings is 1. The Balaban J connectivity index is 2.10. The van der Waals surface area contributed by atoms with Crippen molar-refractivity contribution in [3.63, 3.8) is 0 Å². The molecule has 1 aromatic carbocycles. The van der Waals surface area contributed by atoms with Crippen LogP contribution in [0, 0.1) is 16.7 Å². The largest absolute Gasteiger partial charge is 0.504 e. The molecule has 0 unspecified atom stereocenters. The second-order valence-electron chi connectivity index (χ2n) is 5.35. The van der Waals surface area contributed by atoms with Gasteiger partial charge in [0.2, 0.25) is 0 Å². The second-order valence-corrected chi connectivity index (χ2v) is 5.35. The number of likely N-dealkylation sites (tertiary alicyclic amines) is 1. The maximum atomic E-state index is 12.3. The van der Waals surface area contributed by atoms with E-state index in [1.807, 2.05) is 6.92 Å². The fourth-order valence-electron chi connectivity index (χ4n) is 2.32. The normalized spacial score (nSPS) is 17.4. The summed E-state index contributed by atoms with van der Waals surface area (Å²) in [6.07, 6.45) is 1.36. The van der Waals surface area contributed by atoms with Crippen LogP contribution in [0.2, 0.25) is 0 Å². The van der Waals surface area contributed by atoms with Gasteiger partial charge in [0.1, 0.15) is 0 Å². The van der Waals surface area contributed by atoms with Crippen LogP contribution >= 0.6 is 0 Å². The highest BCUT2D eigenvalue weighted by molar-refractivity contribution is 5.95. The number of hydrogen-bond donors (Lipinski definition) is 1. The fraction of sp³-hybridized carbons (Fsp3) is 0.467. The van der Waals surface area contributed by atoms with Crippen molar-refractivity contribution in [3.8, 4) is 17.6 Å². The number of amides is 1. The minimum Gasteiger partial charge on any atom is -0.504 e. The van der Waals surface area contributed by atoms with E-state index in [4.69, 9.17) is 10.00 Å². The first-order valence-electron chi connectivity index (χ1n) is 6.56. The highest BCUT2D eigenvalue weighted by Gasteiger charge is 2.32. The number of phenols is 1. The SMILES string of the molecule is COc1ccc(C(=O)N2CCC(C)(C#N)CC2)cc1O. The first-order valence-corrected chi connectivity index (χ1v) is 6.56. The van der Waals surface area contributed by atoms with E-state index in [2.05, 4.69) is 6.07 Å². The van der Waals surface area contributed by atoms with Gasteiger partial charge in [0.15, 0.2) is 11.5 Å². The van der Waals surface area contributed by atoms with Crippen LogP contribution < -0.4 is 4.74 Å². The van der Waals surface area contributed by atoms with Gasteiger partial charge in [-0.25, -0.2) is 0 Å². The molecule has 1 N–H and O–H groups in total. The average molecular weight is 274 g/mol. The number of rotatable bonds is 2. The smallest absolute Gasteiger partial charge is 0.253 e. The van der Waals surface area contributed by atoms with E-state index in [9.17, 15) is 9.90 Å². The third-order valence-electron chi connectivity index (χ3n) is 3.85. The van der Waals surface area contributed by atoms with E-state index < -0.39 is 0 Å². The van der Waals surface area contributed by atoms with Crippen molar-refractivity contribution in [2.75, 3.05) is 20.2 Å². The highest BCUT2D eigenvalue weighted by atomic mass is 16.5. The molecule has 1 fully saturated rings. The number of hydrogen-bond acceptors (Lipinski definition) is 4. The molecule has 1 aromatic rings. The van der Waals surface area contributed by atoms with Crippen molar-refractivity contribution in [3.05, 3.63) is 23.8 Å². The van der Waals surface area contributed by atoms with Crippen molar-refractivity contribution in [1.82, 2.24) is 4.90 Å². The van der Waals surface area contributed by atoms with E-state index in [0.29, 0.717) is 37.2 Å². The molecule has 5 nitrogen and oxygen atoms in total. The zero-order chi connectivity index (χ0) is 14.8. The molecule has 5 heteroatoms. The van der Waals surface area contributed by atoms with Gasteiger partial charge in [-0.3, -0.25) is 4.79 Å². The van der Waals surface area contributed by atoms with Crippen molar-refractivity contribution < 1.29 is 14.6 Å². The lowest BCUT2D eigenvalue weighted by Gasteiger charge is -2.35. The fourth-order valence-corrected chi connectivity index (χ4v) is 2.32. The summed E-state index contributed by atoms with van der Waals surface area (Å²) in [4.78, 5) is 14.1. The number of aromatic hydroxyl groups is 1. The first kappa shape index (κ1) is 14.2. The van der Waals surface area contributed by atoms with Crippen LogP contribution in [0.3, 0.4) is 0 Å². The maximum Gasteiger partial charge on any atom is 0.253 e. The quantitative estimate of drug-likeness (QED) is 0.897. The second kappa shape index (κ2) is 5.41. The van der Waals surface area contributed by atoms with Gasteiger partial charge in [-0.1, -0.05) is 0 Å². The number of nitrogens with zero attached hydrogens (tertiary/aromatic N) is 2. The number of phenolic OH excluding ortho intramolecular Hbond substituents is 1. The Hall–Kier alpha value is -2.22. The molecular weight excluding hydrogens is 256 g/mol. The van der Waals surface area contributed by atoms with Gasteiger partial charge in [-0.05, 0) is 38.0 Å². The van der Waals surface area contributed by atoms with E-state index >= 15 is 0 Å². The van der Waals surface area contributed by atoms with Crippen LogP contribution in [0.25, 0.3) is 0 Å². The van der Waals surface area contributed by atoms with Crippen molar-refractivity contribution in [2.24, 2.45) is 5.41 Å². The molecule has 0 aromatic heterocycles. The third kappa shape index (κ3) is 2.69. The van der Waals surface area contributed by atoms with Gasteiger partial charge in [0, 0.05) is 18.7 Å². The summed E-state index contributed by atoms with van der Waals surface area (Å²) < 4.78 is 4.96. The van der Waals surface area contributed by atoms with Gasteiger partial charge < -0.3 is 14.7 Å². The Morgan fingerprint density at radius 1 is 1.45 bits per heavy atom. The number of methoxy groups -OCH3 is 1. The summed E-state index contributed by atoms with van der Waals surface area (Å²) in [6, 6.07) is 6.94. The predicted molar refractivity (Wildman–Crippen MR) is 73.5 cm³/mol. The molecule has 1 aliphatic heterocycles. The van der Waals surface area contributed by atoms with E-state index in [1.165, 1.54) is 13.2 Å². The summed E-state index contributed by atoms with van der Waals surface area (Å²) in [7, 11) is 1.46. The lowest BCUT2D eigenvalue weighted by molar-refractivity contribution is 0.0661. The Kier molecular flexibility index (Phi) is 3.84. The molecule has 20 heavy (non-hydrogen) atoms. The van der Waals surface area contributed by atoms with Gasteiger partial charge in [0.05, 0.1) is 18.6 Å². The monoisotopic (exact) mass is 274 g/mol. The molecule has 0 bridgehead atoms. The van der Waals surface area contributed by atoms with Crippen LogP contribution in [0.5, 0.6) is 11.5 Å². The van der Waals surface area contributed by atoms with Crippen LogP contribution in [-0.2, 0) is 0 Å². The molecule has 1 heterocycles. The van der Waals surface area contributed by atoms with E-state index in [1.54, 1.807) is 17.0 Å². The number of ether oxygens (including phenoxy) is 1. The summed E-state index contributed by atoms with van der Waals surface area (Å²) in [6.45, 7) is 3.05. The van der Waals surface area contributed by atoms with Crippen LogP contribution in [0.1, 0.15) is 30.1 Å².